The van der Waals surface area contributed by atoms with E-state index in [4.69, 9.17) is 5.26 Å². The Morgan fingerprint density at radius 1 is 1.40 bits per heavy atom. The molecule has 86 valence electrons. The van der Waals surface area contributed by atoms with Gasteiger partial charge < -0.3 is 5.11 Å². The van der Waals surface area contributed by atoms with Crippen molar-refractivity contribution in [3.05, 3.63) is 0 Å². The van der Waals surface area contributed by atoms with Gasteiger partial charge in [-0.15, -0.1) is 0 Å². The van der Waals surface area contributed by atoms with Crippen LogP contribution in [-0.4, -0.2) is 32.4 Å². The molecule has 1 rings (SSSR count). The third-order valence-electron chi connectivity index (χ3n) is 2.92. The second-order valence-corrected chi connectivity index (χ2v) is 5.91. The quantitative estimate of drug-likeness (QED) is 0.697. The molecule has 0 radical (unpaired) electrons. The summed E-state index contributed by atoms with van der Waals surface area (Å²) in [5.41, 5.74) is -0.303. The first kappa shape index (κ1) is 12.4. The molecule has 2 N–H and O–H groups in total. The molecule has 6 heteroatoms. The molecule has 0 heterocycles. The van der Waals surface area contributed by atoms with E-state index in [1.807, 2.05) is 0 Å². The number of nitrogens with zero attached hydrogens (tertiary/aromatic N) is 1. The highest BCUT2D eigenvalue weighted by Crippen LogP contribution is 2.36. The average molecular weight is 232 g/mol. The Morgan fingerprint density at radius 2 is 2.00 bits per heavy atom. The maximum absolute atomic E-state index is 11.2. The second kappa shape index (κ2) is 4.92. The minimum Gasteiger partial charge on any atom is -0.396 e. The highest BCUT2D eigenvalue weighted by molar-refractivity contribution is 7.89. The molecule has 0 bridgehead atoms. The summed E-state index contributed by atoms with van der Waals surface area (Å²) >= 11 is 0. The standard InChI is InChI=1S/C9H16N2O3S/c10-5-6-15(13,14)11-7-9(8-12)3-1-2-4-9/h11-12H,1-4,6-8H2. The second-order valence-electron chi connectivity index (χ2n) is 4.10. The van der Waals surface area contributed by atoms with Gasteiger partial charge in [-0.1, -0.05) is 12.8 Å². The largest absolute Gasteiger partial charge is 0.396 e. The molecule has 15 heavy (non-hydrogen) atoms. The fraction of sp³-hybridized carbons (Fsp3) is 0.889. The molecular formula is C9H16N2O3S. The molecular weight excluding hydrogens is 216 g/mol. The van der Waals surface area contributed by atoms with E-state index in [1.54, 1.807) is 6.07 Å². The molecule has 1 aliphatic carbocycles. The number of aliphatic hydroxyl groups is 1. The Bertz CT molecular complexity index is 339. The minimum absolute atomic E-state index is 0.00206. The topological polar surface area (TPSA) is 90.2 Å². The lowest BCUT2D eigenvalue weighted by Gasteiger charge is -2.26. The van der Waals surface area contributed by atoms with E-state index in [2.05, 4.69) is 4.72 Å². The van der Waals surface area contributed by atoms with Gasteiger partial charge in [-0.05, 0) is 12.8 Å². The van der Waals surface area contributed by atoms with Crippen LogP contribution in [0.4, 0.5) is 0 Å². The third kappa shape index (κ3) is 3.45. The summed E-state index contributed by atoms with van der Waals surface area (Å²) in [7, 11) is -3.49. The average Bonchev–Trinajstić information content (AvgIpc) is 2.64. The van der Waals surface area contributed by atoms with Gasteiger partial charge >= 0.3 is 0 Å². The lowest BCUT2D eigenvalue weighted by Crippen LogP contribution is -2.39. The van der Waals surface area contributed by atoms with E-state index in [9.17, 15) is 13.5 Å². The Hall–Kier alpha value is -0.640. The van der Waals surface area contributed by atoms with Gasteiger partial charge in [0.2, 0.25) is 10.0 Å². The number of nitriles is 1. The van der Waals surface area contributed by atoms with Crippen molar-refractivity contribution in [2.24, 2.45) is 5.41 Å². The smallest absolute Gasteiger partial charge is 0.225 e. The number of hydrogen-bond donors (Lipinski definition) is 2. The molecule has 0 aromatic heterocycles. The molecule has 5 nitrogen and oxygen atoms in total. The van der Waals surface area contributed by atoms with Crippen LogP contribution in [0.25, 0.3) is 0 Å². The Labute approximate surface area is 90.2 Å². The normalized spacial score (nSPS) is 20.0. The Morgan fingerprint density at radius 3 is 2.47 bits per heavy atom. The maximum Gasteiger partial charge on any atom is 0.225 e. The monoisotopic (exact) mass is 232 g/mol. The first-order valence-corrected chi connectivity index (χ1v) is 6.64. The Balaban J connectivity index is 2.52. The summed E-state index contributed by atoms with van der Waals surface area (Å²) in [6.45, 7) is 0.246. The molecule has 0 spiro atoms. The molecule has 1 aliphatic rings. The first-order chi connectivity index (χ1) is 7.04. The van der Waals surface area contributed by atoms with Crippen LogP contribution >= 0.6 is 0 Å². The van der Waals surface area contributed by atoms with Gasteiger partial charge in [0, 0.05) is 18.6 Å². The van der Waals surface area contributed by atoms with Gasteiger partial charge in [-0.2, -0.15) is 5.26 Å². The minimum atomic E-state index is -3.49. The zero-order valence-electron chi connectivity index (χ0n) is 8.57. The van der Waals surface area contributed by atoms with E-state index in [0.717, 1.165) is 25.7 Å². The number of sulfonamides is 1. The van der Waals surface area contributed by atoms with Gasteiger partial charge in [0.15, 0.2) is 5.75 Å². The maximum atomic E-state index is 11.2. The van der Waals surface area contributed by atoms with Crippen molar-refractivity contribution in [3.8, 4) is 6.07 Å². The summed E-state index contributed by atoms with van der Waals surface area (Å²) in [4.78, 5) is 0. The van der Waals surface area contributed by atoms with Gasteiger partial charge in [0.25, 0.3) is 0 Å². The summed E-state index contributed by atoms with van der Waals surface area (Å²) in [6.07, 6.45) is 3.75. The van der Waals surface area contributed by atoms with Crippen molar-refractivity contribution in [1.29, 1.82) is 5.26 Å². The zero-order chi connectivity index (χ0) is 11.4. The number of rotatable bonds is 5. The lowest BCUT2D eigenvalue weighted by molar-refractivity contribution is 0.134. The van der Waals surface area contributed by atoms with Crippen LogP contribution in [0.3, 0.4) is 0 Å². The molecule has 0 aromatic rings. The predicted octanol–water partition coefficient (Wildman–Crippen LogP) is -0.0179. The predicted molar refractivity (Wildman–Crippen MR) is 55.4 cm³/mol. The molecule has 0 saturated heterocycles. The van der Waals surface area contributed by atoms with Crippen LogP contribution in [0, 0.1) is 16.7 Å². The van der Waals surface area contributed by atoms with Crippen LogP contribution < -0.4 is 4.72 Å². The summed E-state index contributed by atoms with van der Waals surface area (Å²) in [5.74, 6) is -0.519. The Kier molecular flexibility index (Phi) is 4.08. The van der Waals surface area contributed by atoms with E-state index < -0.39 is 15.8 Å². The van der Waals surface area contributed by atoms with E-state index in [1.165, 1.54) is 0 Å². The van der Waals surface area contributed by atoms with Gasteiger partial charge in [0.05, 0.1) is 6.07 Å². The molecule has 1 fully saturated rings. The van der Waals surface area contributed by atoms with Crippen LogP contribution in [0.15, 0.2) is 0 Å². The SMILES string of the molecule is N#CCS(=O)(=O)NCC1(CO)CCCC1. The molecule has 0 atom stereocenters. The number of aliphatic hydroxyl groups excluding tert-OH is 1. The summed E-state index contributed by atoms with van der Waals surface area (Å²) in [6, 6.07) is 1.60. The van der Waals surface area contributed by atoms with Crippen molar-refractivity contribution >= 4 is 10.0 Å². The molecule has 0 amide bonds. The lowest BCUT2D eigenvalue weighted by atomic mass is 9.88. The highest BCUT2D eigenvalue weighted by Gasteiger charge is 2.34. The number of nitrogens with one attached hydrogen (secondary N) is 1. The van der Waals surface area contributed by atoms with Crippen LogP contribution in [-0.2, 0) is 10.0 Å². The summed E-state index contributed by atoms with van der Waals surface area (Å²) in [5, 5.41) is 17.5. The first-order valence-electron chi connectivity index (χ1n) is 4.99. The van der Waals surface area contributed by atoms with Crippen LogP contribution in [0.2, 0.25) is 0 Å². The number of hydrogen-bond acceptors (Lipinski definition) is 4. The van der Waals surface area contributed by atoms with Gasteiger partial charge in [-0.25, -0.2) is 13.1 Å². The van der Waals surface area contributed by atoms with Crippen molar-refractivity contribution in [3.63, 3.8) is 0 Å². The van der Waals surface area contributed by atoms with Crippen molar-refractivity contribution < 1.29 is 13.5 Å². The van der Waals surface area contributed by atoms with E-state index in [-0.39, 0.29) is 18.6 Å². The van der Waals surface area contributed by atoms with E-state index in [0.29, 0.717) is 0 Å². The van der Waals surface area contributed by atoms with Crippen molar-refractivity contribution in [1.82, 2.24) is 4.72 Å². The fourth-order valence-corrected chi connectivity index (χ4v) is 2.71. The molecule has 0 aromatic carbocycles. The third-order valence-corrected chi connectivity index (χ3v) is 4.01. The van der Waals surface area contributed by atoms with Crippen molar-refractivity contribution in [2.75, 3.05) is 18.9 Å². The zero-order valence-corrected chi connectivity index (χ0v) is 9.39. The highest BCUT2D eigenvalue weighted by atomic mass is 32.2. The van der Waals surface area contributed by atoms with Crippen LogP contribution in [0.5, 0.6) is 0 Å². The van der Waals surface area contributed by atoms with Gasteiger partial charge in [0.1, 0.15) is 0 Å². The fourth-order valence-electron chi connectivity index (χ4n) is 1.91. The molecule has 1 saturated carbocycles. The molecule has 0 unspecified atom stereocenters. The van der Waals surface area contributed by atoms with E-state index >= 15 is 0 Å². The van der Waals surface area contributed by atoms with Crippen molar-refractivity contribution in [2.45, 2.75) is 25.7 Å². The van der Waals surface area contributed by atoms with Gasteiger partial charge in [-0.3, -0.25) is 0 Å². The molecule has 0 aliphatic heterocycles. The summed E-state index contributed by atoms with van der Waals surface area (Å²) < 4.78 is 24.8. The van der Waals surface area contributed by atoms with Crippen LogP contribution in [0.1, 0.15) is 25.7 Å².